The molecule has 2 aliphatic heterocycles. The van der Waals surface area contributed by atoms with E-state index in [1.807, 2.05) is 23.4 Å². The maximum atomic E-state index is 6.12. The Hall–Kier alpha value is -2.68. The van der Waals surface area contributed by atoms with Gasteiger partial charge < -0.3 is 19.1 Å². The molecular formula is C25H35N5O3. The second kappa shape index (κ2) is 12.0. The highest BCUT2D eigenvalue weighted by atomic mass is 16.5. The van der Waals surface area contributed by atoms with Crippen LogP contribution in [0.3, 0.4) is 0 Å². The van der Waals surface area contributed by atoms with Gasteiger partial charge in [0, 0.05) is 57.1 Å². The van der Waals surface area contributed by atoms with E-state index in [9.17, 15) is 0 Å². The van der Waals surface area contributed by atoms with Crippen molar-refractivity contribution in [3.8, 4) is 5.88 Å². The third kappa shape index (κ3) is 6.90. The number of anilines is 2. The average molecular weight is 454 g/mol. The Morgan fingerprint density at radius 1 is 1.06 bits per heavy atom. The molecule has 0 saturated carbocycles. The van der Waals surface area contributed by atoms with E-state index in [-0.39, 0.29) is 0 Å². The molecule has 0 unspecified atom stereocenters. The summed E-state index contributed by atoms with van der Waals surface area (Å²) in [5.74, 6) is 1.42. The topological polar surface area (TPSA) is 62.7 Å². The van der Waals surface area contributed by atoms with Gasteiger partial charge in [-0.1, -0.05) is 29.8 Å². The van der Waals surface area contributed by atoms with E-state index in [0.717, 1.165) is 76.2 Å². The van der Waals surface area contributed by atoms with Gasteiger partial charge in [-0.05, 0) is 19.4 Å². The number of aromatic nitrogens is 1. The van der Waals surface area contributed by atoms with Gasteiger partial charge in [-0.25, -0.2) is 5.01 Å². The number of benzene rings is 1. The van der Waals surface area contributed by atoms with E-state index in [1.54, 1.807) is 0 Å². The van der Waals surface area contributed by atoms with Gasteiger partial charge in [0.2, 0.25) is 5.88 Å². The molecule has 0 atom stereocenters. The Kier molecular flexibility index (Phi) is 8.52. The van der Waals surface area contributed by atoms with Gasteiger partial charge in [-0.15, -0.1) is 0 Å². The minimum absolute atomic E-state index is 0.595. The molecule has 0 amide bonds. The van der Waals surface area contributed by atoms with Crippen LogP contribution in [0, 0.1) is 6.92 Å². The summed E-state index contributed by atoms with van der Waals surface area (Å²) in [5.41, 5.74) is 3.37. The Morgan fingerprint density at radius 2 is 1.82 bits per heavy atom. The molecule has 2 aliphatic rings. The summed E-state index contributed by atoms with van der Waals surface area (Å²) < 4.78 is 17.1. The molecular weight excluding hydrogens is 418 g/mol. The lowest BCUT2D eigenvalue weighted by molar-refractivity contribution is 0.0320. The van der Waals surface area contributed by atoms with Crippen LogP contribution >= 0.6 is 0 Å². The molecule has 2 fully saturated rings. The van der Waals surface area contributed by atoms with Gasteiger partial charge in [0.25, 0.3) is 0 Å². The van der Waals surface area contributed by atoms with Gasteiger partial charge in [0.15, 0.2) is 5.82 Å². The monoisotopic (exact) mass is 453 g/mol. The zero-order valence-electron chi connectivity index (χ0n) is 19.8. The highest BCUT2D eigenvalue weighted by molar-refractivity contribution is 5.80. The minimum atomic E-state index is 0.595. The summed E-state index contributed by atoms with van der Waals surface area (Å²) in [7, 11) is 0. The summed E-state index contributed by atoms with van der Waals surface area (Å²) in [5, 5.41) is 6.65. The quantitative estimate of drug-likeness (QED) is 0.427. The summed E-state index contributed by atoms with van der Waals surface area (Å²) in [6.45, 7) is 13.0. The van der Waals surface area contributed by atoms with Crippen molar-refractivity contribution in [3.05, 3.63) is 47.5 Å². The maximum Gasteiger partial charge on any atom is 0.217 e. The number of rotatable bonds is 9. The molecule has 33 heavy (non-hydrogen) atoms. The summed E-state index contributed by atoms with van der Waals surface area (Å²) >= 11 is 0. The van der Waals surface area contributed by atoms with Crippen LogP contribution in [0.1, 0.15) is 18.1 Å². The number of hydrogen-bond donors (Lipinski definition) is 0. The highest BCUT2D eigenvalue weighted by Gasteiger charge is 2.17. The lowest BCUT2D eigenvalue weighted by Gasteiger charge is -2.30. The fraction of sp³-hybridized carbons (Fsp3) is 0.520. The van der Waals surface area contributed by atoms with E-state index in [2.05, 4.69) is 47.9 Å². The van der Waals surface area contributed by atoms with Crippen LogP contribution in [0.25, 0.3) is 0 Å². The van der Waals surface area contributed by atoms with Crippen LogP contribution in [0.4, 0.5) is 11.5 Å². The molecule has 0 bridgehead atoms. The third-order valence-electron chi connectivity index (χ3n) is 5.86. The first kappa shape index (κ1) is 23.5. The number of morpholine rings is 2. The fourth-order valence-corrected chi connectivity index (χ4v) is 3.98. The van der Waals surface area contributed by atoms with Crippen molar-refractivity contribution >= 4 is 17.7 Å². The molecule has 0 N–H and O–H groups in total. The normalized spacial score (nSPS) is 17.5. The number of pyridine rings is 1. The van der Waals surface area contributed by atoms with E-state index < -0.39 is 0 Å². The number of nitrogens with zero attached hydrogens (tertiary/aromatic N) is 5. The molecule has 0 radical (unpaired) electrons. The molecule has 1 aromatic heterocycles. The molecule has 4 rings (SSSR count). The molecule has 2 saturated heterocycles. The molecule has 3 heterocycles. The van der Waals surface area contributed by atoms with Crippen molar-refractivity contribution in [2.45, 2.75) is 13.8 Å². The standard InChI is InChI=1S/C25H35N5O3/c1-3-30(26-20-22-6-4-5-21(2)17-22)24-18-23(29-10-14-32-15-11-29)19-25(27-24)33-16-9-28-7-12-31-13-8-28/h4-6,17-20H,3,7-16H2,1-2H3. The van der Waals surface area contributed by atoms with Crippen molar-refractivity contribution in [1.29, 1.82) is 0 Å². The number of aryl methyl sites for hydroxylation is 1. The molecule has 2 aromatic rings. The van der Waals surface area contributed by atoms with Crippen LogP contribution < -0.4 is 14.6 Å². The SMILES string of the molecule is CCN(N=Cc1cccc(C)c1)c1cc(N2CCOCC2)cc(OCCN2CCOCC2)n1. The summed E-state index contributed by atoms with van der Waals surface area (Å²) in [4.78, 5) is 9.48. The first-order valence-electron chi connectivity index (χ1n) is 11.9. The number of hydrogen-bond acceptors (Lipinski definition) is 8. The van der Waals surface area contributed by atoms with Crippen LogP contribution in [0.5, 0.6) is 5.88 Å². The number of hydrazone groups is 1. The lowest BCUT2D eigenvalue weighted by atomic mass is 10.2. The van der Waals surface area contributed by atoms with Gasteiger partial charge in [-0.3, -0.25) is 4.90 Å². The smallest absolute Gasteiger partial charge is 0.217 e. The second-order valence-electron chi connectivity index (χ2n) is 8.30. The van der Waals surface area contributed by atoms with Crippen molar-refractivity contribution < 1.29 is 14.2 Å². The van der Waals surface area contributed by atoms with Crippen LogP contribution in [-0.4, -0.2) is 88.4 Å². The lowest BCUT2D eigenvalue weighted by Crippen LogP contribution is -2.38. The van der Waals surface area contributed by atoms with E-state index >= 15 is 0 Å². The van der Waals surface area contributed by atoms with Crippen molar-refractivity contribution in [3.63, 3.8) is 0 Å². The first-order valence-corrected chi connectivity index (χ1v) is 11.9. The van der Waals surface area contributed by atoms with Gasteiger partial charge >= 0.3 is 0 Å². The predicted molar refractivity (Wildman–Crippen MR) is 132 cm³/mol. The Labute approximate surface area is 196 Å². The van der Waals surface area contributed by atoms with Crippen LogP contribution in [0.15, 0.2) is 41.5 Å². The molecule has 178 valence electrons. The molecule has 0 spiro atoms. The van der Waals surface area contributed by atoms with Gasteiger partial charge in [0.05, 0.1) is 32.6 Å². The summed E-state index contributed by atoms with van der Waals surface area (Å²) in [6.07, 6.45) is 1.89. The minimum Gasteiger partial charge on any atom is -0.476 e. The fourth-order valence-electron chi connectivity index (χ4n) is 3.98. The van der Waals surface area contributed by atoms with E-state index in [4.69, 9.17) is 24.3 Å². The summed E-state index contributed by atoms with van der Waals surface area (Å²) in [6, 6.07) is 12.4. The zero-order valence-corrected chi connectivity index (χ0v) is 19.8. The zero-order chi connectivity index (χ0) is 22.9. The maximum absolute atomic E-state index is 6.12. The van der Waals surface area contributed by atoms with E-state index in [0.29, 0.717) is 19.0 Å². The van der Waals surface area contributed by atoms with E-state index in [1.165, 1.54) is 5.56 Å². The highest BCUT2D eigenvalue weighted by Crippen LogP contribution is 2.27. The first-order chi connectivity index (χ1) is 16.2. The van der Waals surface area contributed by atoms with Crippen molar-refractivity contribution in [2.24, 2.45) is 5.10 Å². The second-order valence-corrected chi connectivity index (χ2v) is 8.30. The number of ether oxygens (including phenoxy) is 3. The average Bonchev–Trinajstić information content (AvgIpc) is 2.86. The van der Waals surface area contributed by atoms with Crippen LogP contribution in [-0.2, 0) is 9.47 Å². The van der Waals surface area contributed by atoms with Crippen LogP contribution in [0.2, 0.25) is 0 Å². The Bertz CT molecular complexity index is 911. The van der Waals surface area contributed by atoms with Gasteiger partial charge in [-0.2, -0.15) is 10.1 Å². The molecule has 8 nitrogen and oxygen atoms in total. The van der Waals surface area contributed by atoms with Crippen molar-refractivity contribution in [2.75, 3.05) is 82.2 Å². The molecule has 0 aliphatic carbocycles. The Morgan fingerprint density at radius 3 is 2.55 bits per heavy atom. The third-order valence-corrected chi connectivity index (χ3v) is 5.86. The van der Waals surface area contributed by atoms with Crippen molar-refractivity contribution in [1.82, 2.24) is 9.88 Å². The largest absolute Gasteiger partial charge is 0.476 e. The molecule has 1 aromatic carbocycles. The molecule has 8 heteroatoms. The predicted octanol–water partition coefficient (Wildman–Crippen LogP) is 2.80. The Balaban J connectivity index is 1.51. The van der Waals surface area contributed by atoms with Gasteiger partial charge in [0.1, 0.15) is 6.61 Å².